The third-order valence-electron chi connectivity index (χ3n) is 2.37. The summed E-state index contributed by atoms with van der Waals surface area (Å²) in [7, 11) is 0. The Morgan fingerprint density at radius 3 is 2.68 bits per heavy atom. The SMILES string of the molecule is CCOC(=O)C(F)(F)[C@@H](N)c1ccc(F)c(Cl)c1O. The molecule has 0 spiro atoms. The first kappa shape index (κ1) is 15.6. The molecule has 0 aliphatic heterocycles. The standard InChI is InChI=1S/C11H11ClF3NO3/c1-2-19-10(18)11(14,15)9(16)5-3-4-6(13)7(12)8(5)17/h3-4,9,17H,2,16H2,1H3/t9-/m0/s1. The molecule has 0 heterocycles. The predicted molar refractivity (Wildman–Crippen MR) is 61.6 cm³/mol. The number of phenolic OH excluding ortho intramolecular Hbond substituents is 1. The van der Waals surface area contributed by atoms with Crippen molar-refractivity contribution in [3.8, 4) is 5.75 Å². The summed E-state index contributed by atoms with van der Waals surface area (Å²) in [5, 5.41) is 8.74. The van der Waals surface area contributed by atoms with Gasteiger partial charge >= 0.3 is 11.9 Å². The van der Waals surface area contributed by atoms with E-state index in [4.69, 9.17) is 17.3 Å². The average molecular weight is 298 g/mol. The van der Waals surface area contributed by atoms with E-state index in [0.717, 1.165) is 12.1 Å². The zero-order chi connectivity index (χ0) is 14.8. The van der Waals surface area contributed by atoms with E-state index < -0.39 is 40.1 Å². The molecule has 106 valence electrons. The number of aromatic hydroxyl groups is 1. The number of halogens is 4. The Morgan fingerprint density at radius 1 is 1.58 bits per heavy atom. The van der Waals surface area contributed by atoms with Gasteiger partial charge < -0.3 is 15.6 Å². The maximum atomic E-state index is 13.6. The van der Waals surface area contributed by atoms with Crippen LogP contribution < -0.4 is 5.73 Å². The molecule has 0 aromatic heterocycles. The fraction of sp³-hybridized carbons (Fsp3) is 0.364. The maximum absolute atomic E-state index is 13.6. The summed E-state index contributed by atoms with van der Waals surface area (Å²) in [5.74, 6) is -7.83. The number of alkyl halides is 2. The molecule has 0 saturated heterocycles. The first-order valence-corrected chi connectivity index (χ1v) is 5.58. The number of nitrogens with two attached hydrogens (primary N) is 1. The molecule has 19 heavy (non-hydrogen) atoms. The lowest BCUT2D eigenvalue weighted by molar-refractivity contribution is -0.174. The summed E-state index contributed by atoms with van der Waals surface area (Å²) in [4.78, 5) is 11.1. The van der Waals surface area contributed by atoms with Crippen molar-refractivity contribution < 1.29 is 27.8 Å². The smallest absolute Gasteiger partial charge is 0.379 e. The van der Waals surface area contributed by atoms with Crippen LogP contribution in [0.3, 0.4) is 0 Å². The fourth-order valence-corrected chi connectivity index (χ4v) is 1.53. The minimum absolute atomic E-state index is 0.253. The molecule has 0 aliphatic carbocycles. The van der Waals surface area contributed by atoms with Gasteiger partial charge in [-0.2, -0.15) is 8.78 Å². The molecule has 4 nitrogen and oxygen atoms in total. The average Bonchev–Trinajstić information content (AvgIpc) is 2.35. The van der Waals surface area contributed by atoms with Gasteiger partial charge in [-0.1, -0.05) is 17.7 Å². The lowest BCUT2D eigenvalue weighted by Gasteiger charge is -2.22. The topological polar surface area (TPSA) is 72.5 Å². The van der Waals surface area contributed by atoms with Crippen LogP contribution in [0.2, 0.25) is 5.02 Å². The lowest BCUT2D eigenvalue weighted by atomic mass is 10.0. The van der Waals surface area contributed by atoms with Gasteiger partial charge in [0.1, 0.15) is 22.6 Å². The zero-order valence-corrected chi connectivity index (χ0v) is 10.5. The van der Waals surface area contributed by atoms with Crippen LogP contribution in [-0.4, -0.2) is 23.6 Å². The van der Waals surface area contributed by atoms with Crippen molar-refractivity contribution >= 4 is 17.6 Å². The second kappa shape index (κ2) is 5.66. The molecular weight excluding hydrogens is 287 g/mol. The Morgan fingerprint density at radius 2 is 2.16 bits per heavy atom. The third kappa shape index (κ3) is 2.93. The van der Waals surface area contributed by atoms with Gasteiger partial charge in [-0.15, -0.1) is 0 Å². The molecule has 0 fully saturated rings. The first-order valence-electron chi connectivity index (χ1n) is 5.20. The molecule has 1 aromatic carbocycles. The van der Waals surface area contributed by atoms with Crippen LogP contribution in [0, 0.1) is 5.82 Å². The Bertz CT molecular complexity index is 496. The molecule has 1 atom stereocenters. The first-order chi connectivity index (χ1) is 8.73. The van der Waals surface area contributed by atoms with Crippen LogP contribution in [0.1, 0.15) is 18.5 Å². The number of esters is 1. The van der Waals surface area contributed by atoms with Crippen LogP contribution >= 0.6 is 11.6 Å². The summed E-state index contributed by atoms with van der Waals surface area (Å²) in [6.45, 7) is 1.10. The normalized spacial score (nSPS) is 13.2. The molecule has 0 amide bonds. The van der Waals surface area contributed by atoms with E-state index in [1.54, 1.807) is 0 Å². The monoisotopic (exact) mass is 297 g/mol. The van der Waals surface area contributed by atoms with Gasteiger partial charge in [0.2, 0.25) is 0 Å². The summed E-state index contributed by atoms with van der Waals surface area (Å²) >= 11 is 5.38. The van der Waals surface area contributed by atoms with Crippen LogP contribution in [0.4, 0.5) is 13.2 Å². The van der Waals surface area contributed by atoms with Gasteiger partial charge in [-0.3, -0.25) is 0 Å². The lowest BCUT2D eigenvalue weighted by Crippen LogP contribution is -2.41. The van der Waals surface area contributed by atoms with Gasteiger partial charge in [-0.25, -0.2) is 9.18 Å². The van der Waals surface area contributed by atoms with Gasteiger partial charge in [0, 0.05) is 5.56 Å². The van der Waals surface area contributed by atoms with Crippen molar-refractivity contribution in [2.24, 2.45) is 5.73 Å². The highest BCUT2D eigenvalue weighted by atomic mass is 35.5. The largest absolute Gasteiger partial charge is 0.506 e. The summed E-state index contributed by atoms with van der Waals surface area (Å²) < 4.78 is 44.5. The van der Waals surface area contributed by atoms with Crippen LogP contribution in [-0.2, 0) is 9.53 Å². The fourth-order valence-electron chi connectivity index (χ4n) is 1.36. The number of hydrogen-bond acceptors (Lipinski definition) is 4. The van der Waals surface area contributed by atoms with Crippen LogP contribution in [0.15, 0.2) is 12.1 Å². The van der Waals surface area contributed by atoms with Crippen LogP contribution in [0.5, 0.6) is 5.75 Å². The molecule has 1 aromatic rings. The molecular formula is C11H11ClF3NO3. The molecule has 0 radical (unpaired) electrons. The summed E-state index contributed by atoms with van der Waals surface area (Å²) in [6, 6.07) is -0.614. The minimum Gasteiger partial charge on any atom is -0.506 e. The second-order valence-corrected chi connectivity index (χ2v) is 4.00. The van der Waals surface area contributed by atoms with Gasteiger partial charge in [0.05, 0.1) is 6.61 Å². The molecule has 0 saturated carbocycles. The Labute approximate surface area is 111 Å². The molecule has 0 aliphatic rings. The van der Waals surface area contributed by atoms with Crippen molar-refractivity contribution in [3.05, 3.63) is 28.5 Å². The van der Waals surface area contributed by atoms with Crippen molar-refractivity contribution in [1.29, 1.82) is 0 Å². The van der Waals surface area contributed by atoms with E-state index in [2.05, 4.69) is 4.74 Å². The van der Waals surface area contributed by atoms with E-state index in [0.29, 0.717) is 0 Å². The van der Waals surface area contributed by atoms with E-state index in [1.165, 1.54) is 6.92 Å². The Kier molecular flexibility index (Phi) is 4.65. The quantitative estimate of drug-likeness (QED) is 0.837. The van der Waals surface area contributed by atoms with Crippen molar-refractivity contribution in [1.82, 2.24) is 0 Å². The van der Waals surface area contributed by atoms with E-state index >= 15 is 0 Å². The highest BCUT2D eigenvalue weighted by Crippen LogP contribution is 2.39. The van der Waals surface area contributed by atoms with Gasteiger partial charge in [0.15, 0.2) is 0 Å². The minimum atomic E-state index is -4.07. The maximum Gasteiger partial charge on any atom is 0.379 e. The number of benzene rings is 1. The Hall–Kier alpha value is -1.47. The van der Waals surface area contributed by atoms with Gasteiger partial charge in [-0.05, 0) is 13.0 Å². The van der Waals surface area contributed by atoms with E-state index in [9.17, 15) is 23.1 Å². The number of rotatable bonds is 4. The highest BCUT2D eigenvalue weighted by molar-refractivity contribution is 6.32. The van der Waals surface area contributed by atoms with Crippen molar-refractivity contribution in [3.63, 3.8) is 0 Å². The Balaban J connectivity index is 3.16. The molecule has 8 heteroatoms. The molecule has 0 unspecified atom stereocenters. The molecule has 3 N–H and O–H groups in total. The second-order valence-electron chi connectivity index (χ2n) is 3.62. The third-order valence-corrected chi connectivity index (χ3v) is 2.73. The summed E-state index contributed by atoms with van der Waals surface area (Å²) in [5.41, 5.74) is 4.68. The zero-order valence-electron chi connectivity index (χ0n) is 9.79. The number of carbonyl (C=O) groups excluding carboxylic acids is 1. The predicted octanol–water partition coefficient (Wildman–Crippen LogP) is 2.38. The van der Waals surface area contributed by atoms with Crippen molar-refractivity contribution in [2.75, 3.05) is 6.61 Å². The number of carbonyl (C=O) groups is 1. The van der Waals surface area contributed by atoms with Crippen molar-refractivity contribution in [2.45, 2.75) is 18.9 Å². The number of phenols is 1. The molecule has 1 rings (SSSR count). The number of ether oxygens (including phenoxy) is 1. The van der Waals surface area contributed by atoms with Gasteiger partial charge in [0.25, 0.3) is 0 Å². The van der Waals surface area contributed by atoms with Crippen LogP contribution in [0.25, 0.3) is 0 Å². The summed E-state index contributed by atoms with van der Waals surface area (Å²) in [6.07, 6.45) is 0. The van der Waals surface area contributed by atoms with E-state index in [-0.39, 0.29) is 6.61 Å². The molecule has 0 bridgehead atoms. The van der Waals surface area contributed by atoms with E-state index in [1.807, 2.05) is 0 Å². The highest BCUT2D eigenvalue weighted by Gasteiger charge is 2.48. The number of hydrogen-bond donors (Lipinski definition) is 2.